The largest absolute Gasteiger partial charge is 0.272 e. The fourth-order valence-corrected chi connectivity index (χ4v) is 1.43. The van der Waals surface area contributed by atoms with Gasteiger partial charge in [-0.1, -0.05) is 27.7 Å². The van der Waals surface area contributed by atoms with Crippen LogP contribution in [0.15, 0.2) is 6.07 Å². The maximum Gasteiger partial charge on any atom is 0.0658 e. The van der Waals surface area contributed by atoms with Crippen LogP contribution in [0.3, 0.4) is 0 Å². The molecule has 1 aromatic heterocycles. The van der Waals surface area contributed by atoms with Gasteiger partial charge in [-0.3, -0.25) is 4.68 Å². The van der Waals surface area contributed by atoms with E-state index in [9.17, 15) is 0 Å². The van der Waals surface area contributed by atoms with Gasteiger partial charge >= 0.3 is 0 Å². The lowest BCUT2D eigenvalue weighted by atomic mass is 9.95. The van der Waals surface area contributed by atoms with Gasteiger partial charge in [0.1, 0.15) is 0 Å². The zero-order valence-electron chi connectivity index (χ0n) is 9.33. The molecule has 0 N–H and O–H groups in total. The first-order chi connectivity index (χ1) is 6.06. The van der Waals surface area contributed by atoms with E-state index in [0.29, 0.717) is 11.8 Å². The lowest BCUT2D eigenvalue weighted by Gasteiger charge is -2.11. The Morgan fingerprint density at radius 1 is 1.38 bits per heavy atom. The maximum absolute atomic E-state index is 4.52. The standard InChI is InChI=1S/C11H20N2/c1-6-10-7-11(12-13(10)5)9(4)8(2)3/h7-9H,6H2,1-5H3. The van der Waals surface area contributed by atoms with Gasteiger partial charge in [-0.15, -0.1) is 0 Å². The lowest BCUT2D eigenvalue weighted by molar-refractivity contribution is 0.516. The molecule has 0 bridgehead atoms. The Balaban J connectivity index is 2.90. The first-order valence-electron chi connectivity index (χ1n) is 5.09. The van der Waals surface area contributed by atoms with Crippen LogP contribution in [-0.2, 0) is 13.5 Å². The van der Waals surface area contributed by atoms with Crippen LogP contribution in [0.2, 0.25) is 0 Å². The molecule has 1 aromatic rings. The second-order valence-electron chi connectivity index (χ2n) is 4.07. The normalized spacial score (nSPS) is 13.7. The van der Waals surface area contributed by atoms with Crippen molar-refractivity contribution in [1.29, 1.82) is 0 Å². The molecule has 1 heterocycles. The predicted octanol–water partition coefficient (Wildman–Crippen LogP) is 2.74. The summed E-state index contributed by atoms with van der Waals surface area (Å²) in [5.74, 6) is 1.23. The Hall–Kier alpha value is -0.790. The zero-order chi connectivity index (χ0) is 10.0. The molecule has 0 aliphatic rings. The van der Waals surface area contributed by atoms with Crippen molar-refractivity contribution < 1.29 is 0 Å². The average Bonchev–Trinajstić information content (AvgIpc) is 2.45. The zero-order valence-corrected chi connectivity index (χ0v) is 9.33. The molecular formula is C11H20N2. The average molecular weight is 180 g/mol. The Morgan fingerprint density at radius 3 is 2.38 bits per heavy atom. The summed E-state index contributed by atoms with van der Waals surface area (Å²) in [5, 5.41) is 4.52. The molecule has 1 atom stereocenters. The van der Waals surface area contributed by atoms with E-state index in [2.05, 4.69) is 38.9 Å². The summed E-state index contributed by atoms with van der Waals surface area (Å²) in [4.78, 5) is 0. The number of aryl methyl sites for hydroxylation is 2. The summed E-state index contributed by atoms with van der Waals surface area (Å²) in [5.41, 5.74) is 2.55. The molecule has 0 aliphatic carbocycles. The predicted molar refractivity (Wildman–Crippen MR) is 55.8 cm³/mol. The highest BCUT2D eigenvalue weighted by Gasteiger charge is 2.14. The van der Waals surface area contributed by atoms with Crippen LogP contribution >= 0.6 is 0 Å². The SMILES string of the molecule is CCc1cc(C(C)C(C)C)nn1C. The van der Waals surface area contributed by atoms with E-state index in [-0.39, 0.29) is 0 Å². The Morgan fingerprint density at radius 2 is 2.00 bits per heavy atom. The van der Waals surface area contributed by atoms with Gasteiger partial charge in [-0.2, -0.15) is 5.10 Å². The highest BCUT2D eigenvalue weighted by Crippen LogP contribution is 2.22. The van der Waals surface area contributed by atoms with E-state index in [4.69, 9.17) is 0 Å². The van der Waals surface area contributed by atoms with Gasteiger partial charge in [0, 0.05) is 18.7 Å². The smallest absolute Gasteiger partial charge is 0.0658 e. The van der Waals surface area contributed by atoms with Crippen LogP contribution in [0, 0.1) is 5.92 Å². The molecule has 13 heavy (non-hydrogen) atoms. The van der Waals surface area contributed by atoms with E-state index in [1.54, 1.807) is 0 Å². The van der Waals surface area contributed by atoms with Gasteiger partial charge in [0.25, 0.3) is 0 Å². The minimum absolute atomic E-state index is 0.562. The molecule has 0 saturated heterocycles. The van der Waals surface area contributed by atoms with Gasteiger partial charge in [0.2, 0.25) is 0 Å². The van der Waals surface area contributed by atoms with Crippen LogP contribution in [0.1, 0.15) is 45.0 Å². The fourth-order valence-electron chi connectivity index (χ4n) is 1.43. The number of hydrogen-bond acceptors (Lipinski definition) is 1. The summed E-state index contributed by atoms with van der Waals surface area (Å²) >= 11 is 0. The van der Waals surface area contributed by atoms with E-state index in [1.165, 1.54) is 11.4 Å². The van der Waals surface area contributed by atoms with E-state index >= 15 is 0 Å². The molecule has 1 rings (SSSR count). The third-order valence-corrected chi connectivity index (χ3v) is 2.82. The van der Waals surface area contributed by atoms with Crippen LogP contribution in [0.25, 0.3) is 0 Å². The Kier molecular flexibility index (Phi) is 3.12. The summed E-state index contributed by atoms with van der Waals surface area (Å²) in [6, 6.07) is 2.23. The molecule has 0 spiro atoms. The van der Waals surface area contributed by atoms with Crippen LogP contribution in [0.4, 0.5) is 0 Å². The highest BCUT2D eigenvalue weighted by molar-refractivity contribution is 5.14. The van der Waals surface area contributed by atoms with Gasteiger partial charge in [-0.05, 0) is 18.4 Å². The van der Waals surface area contributed by atoms with Gasteiger partial charge in [0.05, 0.1) is 5.69 Å². The molecule has 0 fully saturated rings. The molecule has 1 unspecified atom stereocenters. The first-order valence-corrected chi connectivity index (χ1v) is 5.09. The van der Waals surface area contributed by atoms with E-state index < -0.39 is 0 Å². The summed E-state index contributed by atoms with van der Waals surface area (Å²) in [7, 11) is 2.02. The highest BCUT2D eigenvalue weighted by atomic mass is 15.3. The van der Waals surface area contributed by atoms with Crippen molar-refractivity contribution in [2.75, 3.05) is 0 Å². The van der Waals surface area contributed by atoms with E-state index in [0.717, 1.165) is 6.42 Å². The monoisotopic (exact) mass is 180 g/mol. The molecule has 0 saturated carbocycles. The first kappa shape index (κ1) is 10.3. The molecule has 2 heteroatoms. The fraction of sp³-hybridized carbons (Fsp3) is 0.727. The quantitative estimate of drug-likeness (QED) is 0.699. The maximum atomic E-state index is 4.52. The third kappa shape index (κ3) is 2.11. The minimum atomic E-state index is 0.562. The van der Waals surface area contributed by atoms with Crippen molar-refractivity contribution in [3.63, 3.8) is 0 Å². The Labute approximate surface area is 81.0 Å². The molecular weight excluding hydrogens is 160 g/mol. The molecule has 0 amide bonds. The van der Waals surface area contributed by atoms with Crippen LogP contribution in [-0.4, -0.2) is 9.78 Å². The topological polar surface area (TPSA) is 17.8 Å². The van der Waals surface area contributed by atoms with Crippen molar-refractivity contribution >= 4 is 0 Å². The Bertz CT molecular complexity index is 274. The second kappa shape index (κ2) is 3.95. The number of aromatic nitrogens is 2. The van der Waals surface area contributed by atoms with Crippen molar-refractivity contribution in [2.24, 2.45) is 13.0 Å². The van der Waals surface area contributed by atoms with Crippen molar-refractivity contribution in [2.45, 2.75) is 40.0 Å². The lowest BCUT2D eigenvalue weighted by Crippen LogP contribution is -2.03. The van der Waals surface area contributed by atoms with Gasteiger partial charge in [-0.25, -0.2) is 0 Å². The van der Waals surface area contributed by atoms with Crippen LogP contribution < -0.4 is 0 Å². The van der Waals surface area contributed by atoms with Gasteiger partial charge < -0.3 is 0 Å². The molecule has 2 nitrogen and oxygen atoms in total. The van der Waals surface area contributed by atoms with Gasteiger partial charge in [0.15, 0.2) is 0 Å². The summed E-state index contributed by atoms with van der Waals surface area (Å²) in [6.45, 7) is 8.89. The molecule has 74 valence electrons. The van der Waals surface area contributed by atoms with Crippen molar-refractivity contribution in [3.8, 4) is 0 Å². The van der Waals surface area contributed by atoms with Crippen molar-refractivity contribution in [1.82, 2.24) is 9.78 Å². The number of hydrogen-bond donors (Lipinski definition) is 0. The molecule has 0 aliphatic heterocycles. The number of nitrogens with zero attached hydrogens (tertiary/aromatic N) is 2. The minimum Gasteiger partial charge on any atom is -0.272 e. The third-order valence-electron chi connectivity index (χ3n) is 2.82. The second-order valence-corrected chi connectivity index (χ2v) is 4.07. The van der Waals surface area contributed by atoms with E-state index in [1.807, 2.05) is 11.7 Å². The number of rotatable bonds is 3. The molecule has 0 radical (unpaired) electrons. The summed E-state index contributed by atoms with van der Waals surface area (Å²) in [6.07, 6.45) is 1.06. The van der Waals surface area contributed by atoms with Crippen LogP contribution in [0.5, 0.6) is 0 Å². The molecule has 0 aromatic carbocycles. The van der Waals surface area contributed by atoms with Crippen molar-refractivity contribution in [3.05, 3.63) is 17.5 Å². The summed E-state index contributed by atoms with van der Waals surface area (Å²) < 4.78 is 1.99.